The maximum atomic E-state index is 12.6. The van der Waals surface area contributed by atoms with Crippen molar-refractivity contribution in [2.45, 2.75) is 52.4 Å². The lowest BCUT2D eigenvalue weighted by molar-refractivity contribution is 0.102. The third-order valence-corrected chi connectivity index (χ3v) is 4.09. The number of nitrogens with zero attached hydrogens (tertiary/aromatic N) is 1. The maximum Gasteiger partial charge on any atom is 0.274 e. The summed E-state index contributed by atoms with van der Waals surface area (Å²) in [6.45, 7) is 9.50. The first-order valence-electron chi connectivity index (χ1n) is 9.02. The van der Waals surface area contributed by atoms with Crippen molar-refractivity contribution in [1.82, 2.24) is 4.98 Å². The van der Waals surface area contributed by atoms with Gasteiger partial charge in [0.1, 0.15) is 5.69 Å². The predicted molar refractivity (Wildman–Crippen MR) is 105 cm³/mol. The van der Waals surface area contributed by atoms with Gasteiger partial charge in [0, 0.05) is 24.1 Å². The molecule has 0 atom stereocenters. The Labute approximate surface area is 151 Å². The van der Waals surface area contributed by atoms with E-state index in [1.54, 1.807) is 12.3 Å². The maximum absolute atomic E-state index is 12.6. The molecule has 1 aromatic heterocycles. The highest BCUT2D eigenvalue weighted by Gasteiger charge is 2.19. The van der Waals surface area contributed by atoms with Gasteiger partial charge in [0.25, 0.3) is 5.91 Å². The fourth-order valence-electron chi connectivity index (χ4n) is 2.70. The number of rotatable bonds is 7. The Morgan fingerprint density at radius 3 is 2.60 bits per heavy atom. The number of benzene rings is 1. The van der Waals surface area contributed by atoms with Gasteiger partial charge in [0.2, 0.25) is 0 Å². The van der Waals surface area contributed by atoms with Crippen LogP contribution in [0, 0.1) is 0 Å². The zero-order valence-electron chi connectivity index (χ0n) is 15.7. The first kappa shape index (κ1) is 19.0. The molecule has 2 rings (SSSR count). The summed E-state index contributed by atoms with van der Waals surface area (Å²) in [5.74, 6) is -0.186. The van der Waals surface area contributed by atoms with Crippen LogP contribution in [0.5, 0.6) is 0 Å². The normalized spacial score (nSPS) is 11.2. The molecular formula is C21H29N3O. The van der Waals surface area contributed by atoms with E-state index in [0.717, 1.165) is 29.9 Å². The van der Waals surface area contributed by atoms with E-state index in [-0.39, 0.29) is 11.3 Å². The zero-order chi connectivity index (χ0) is 18.3. The lowest BCUT2D eigenvalue weighted by Gasteiger charge is -2.23. The van der Waals surface area contributed by atoms with E-state index in [0.29, 0.717) is 5.69 Å². The molecule has 0 saturated heterocycles. The van der Waals surface area contributed by atoms with Crippen LogP contribution in [0.25, 0.3) is 0 Å². The van der Waals surface area contributed by atoms with Crippen molar-refractivity contribution in [3.05, 3.63) is 53.9 Å². The van der Waals surface area contributed by atoms with Crippen LogP contribution in [0.1, 0.15) is 63.0 Å². The molecule has 2 aromatic rings. The van der Waals surface area contributed by atoms with Crippen LogP contribution in [-0.4, -0.2) is 17.4 Å². The number of hydrogen-bond donors (Lipinski definition) is 2. The van der Waals surface area contributed by atoms with Gasteiger partial charge in [-0.05, 0) is 35.6 Å². The molecule has 0 aliphatic carbocycles. The van der Waals surface area contributed by atoms with Crippen LogP contribution in [0.3, 0.4) is 0 Å². The van der Waals surface area contributed by atoms with Crippen LogP contribution in [0.15, 0.2) is 42.6 Å². The van der Waals surface area contributed by atoms with Gasteiger partial charge in [-0.15, -0.1) is 0 Å². The number of nitrogens with one attached hydrogen (secondary N) is 2. The van der Waals surface area contributed by atoms with Crippen LogP contribution in [0.4, 0.5) is 11.4 Å². The largest absolute Gasteiger partial charge is 0.385 e. The highest BCUT2D eigenvalue weighted by atomic mass is 16.1. The van der Waals surface area contributed by atoms with E-state index in [4.69, 9.17) is 0 Å². The lowest BCUT2D eigenvalue weighted by Crippen LogP contribution is -2.19. The van der Waals surface area contributed by atoms with E-state index in [9.17, 15) is 4.79 Å². The molecule has 0 spiro atoms. The van der Waals surface area contributed by atoms with Crippen LogP contribution in [0.2, 0.25) is 0 Å². The number of amides is 1. The van der Waals surface area contributed by atoms with Gasteiger partial charge >= 0.3 is 0 Å². The first-order chi connectivity index (χ1) is 11.9. The van der Waals surface area contributed by atoms with Gasteiger partial charge in [-0.3, -0.25) is 9.78 Å². The summed E-state index contributed by atoms with van der Waals surface area (Å²) in [6, 6.07) is 11.6. The molecule has 0 saturated carbocycles. The quantitative estimate of drug-likeness (QED) is 0.679. The second kappa shape index (κ2) is 8.65. The van der Waals surface area contributed by atoms with E-state index in [2.05, 4.69) is 49.4 Å². The Morgan fingerprint density at radius 1 is 1.12 bits per heavy atom. The average Bonchev–Trinajstić information content (AvgIpc) is 2.58. The van der Waals surface area contributed by atoms with Gasteiger partial charge < -0.3 is 10.6 Å². The molecular weight excluding hydrogens is 310 g/mol. The van der Waals surface area contributed by atoms with Gasteiger partial charge in [0.15, 0.2) is 0 Å². The fourth-order valence-corrected chi connectivity index (χ4v) is 2.70. The smallest absolute Gasteiger partial charge is 0.274 e. The van der Waals surface area contributed by atoms with Crippen molar-refractivity contribution < 1.29 is 4.79 Å². The number of carbonyl (C=O) groups is 1. The predicted octanol–water partition coefficient (Wildman–Crippen LogP) is 5.23. The number of hydrogen-bond acceptors (Lipinski definition) is 3. The third kappa shape index (κ3) is 5.59. The Hall–Kier alpha value is -2.36. The molecule has 0 bridgehead atoms. The number of pyridine rings is 1. The lowest BCUT2D eigenvalue weighted by atomic mass is 9.86. The van der Waals surface area contributed by atoms with E-state index < -0.39 is 0 Å². The van der Waals surface area contributed by atoms with Crippen molar-refractivity contribution in [2.24, 2.45) is 0 Å². The molecule has 25 heavy (non-hydrogen) atoms. The minimum Gasteiger partial charge on any atom is -0.385 e. The summed E-state index contributed by atoms with van der Waals surface area (Å²) in [7, 11) is 0. The molecule has 0 unspecified atom stereocenters. The van der Waals surface area contributed by atoms with Crippen molar-refractivity contribution in [3.8, 4) is 0 Å². The monoisotopic (exact) mass is 339 g/mol. The average molecular weight is 339 g/mol. The third-order valence-electron chi connectivity index (χ3n) is 4.09. The number of para-hydroxylation sites is 1. The summed E-state index contributed by atoms with van der Waals surface area (Å²) in [5, 5.41) is 6.36. The molecule has 1 amide bonds. The summed E-state index contributed by atoms with van der Waals surface area (Å²) in [4.78, 5) is 16.8. The molecule has 1 aromatic carbocycles. The standard InChI is InChI=1S/C21H29N3O/c1-5-6-9-13-22-16-12-14-23-19(15-16)20(25)24-18-11-8-7-10-17(18)21(2,3)4/h7-8,10-12,14-15H,5-6,9,13H2,1-4H3,(H,22,23)(H,24,25). The Kier molecular flexibility index (Phi) is 6.57. The Morgan fingerprint density at radius 2 is 1.88 bits per heavy atom. The molecule has 0 aliphatic rings. The van der Waals surface area contributed by atoms with E-state index in [1.807, 2.05) is 24.3 Å². The molecule has 1 heterocycles. The minimum atomic E-state index is -0.186. The zero-order valence-corrected chi connectivity index (χ0v) is 15.7. The number of anilines is 2. The molecule has 4 heteroatoms. The van der Waals surface area contributed by atoms with Crippen molar-refractivity contribution in [1.29, 1.82) is 0 Å². The summed E-state index contributed by atoms with van der Waals surface area (Å²) >= 11 is 0. The van der Waals surface area contributed by atoms with Gasteiger partial charge in [-0.25, -0.2) is 0 Å². The Bertz CT molecular complexity index is 704. The second-order valence-electron chi connectivity index (χ2n) is 7.31. The molecule has 0 fully saturated rings. The SMILES string of the molecule is CCCCCNc1ccnc(C(=O)Nc2ccccc2C(C)(C)C)c1. The highest BCUT2D eigenvalue weighted by Crippen LogP contribution is 2.29. The minimum absolute atomic E-state index is 0.0417. The Balaban J connectivity index is 2.09. The topological polar surface area (TPSA) is 54.0 Å². The van der Waals surface area contributed by atoms with Gasteiger partial charge in [-0.2, -0.15) is 0 Å². The number of unbranched alkanes of at least 4 members (excludes halogenated alkanes) is 2. The van der Waals surface area contributed by atoms with E-state index >= 15 is 0 Å². The summed E-state index contributed by atoms with van der Waals surface area (Å²) in [6.07, 6.45) is 5.19. The molecule has 0 radical (unpaired) electrons. The van der Waals surface area contributed by atoms with Crippen molar-refractivity contribution >= 4 is 17.3 Å². The van der Waals surface area contributed by atoms with Crippen LogP contribution < -0.4 is 10.6 Å². The van der Waals surface area contributed by atoms with Crippen molar-refractivity contribution in [2.75, 3.05) is 17.2 Å². The molecule has 134 valence electrons. The first-order valence-corrected chi connectivity index (χ1v) is 9.02. The van der Waals surface area contributed by atoms with E-state index in [1.165, 1.54) is 12.8 Å². The molecule has 0 aliphatic heterocycles. The number of carbonyl (C=O) groups excluding carboxylic acids is 1. The van der Waals surface area contributed by atoms with Crippen molar-refractivity contribution in [3.63, 3.8) is 0 Å². The molecule has 2 N–H and O–H groups in total. The number of aromatic nitrogens is 1. The van der Waals surface area contributed by atoms with Gasteiger partial charge in [0.05, 0.1) is 0 Å². The highest BCUT2D eigenvalue weighted by molar-refractivity contribution is 6.03. The summed E-state index contributed by atoms with van der Waals surface area (Å²) < 4.78 is 0. The van der Waals surface area contributed by atoms with Crippen LogP contribution in [-0.2, 0) is 5.41 Å². The van der Waals surface area contributed by atoms with Gasteiger partial charge in [-0.1, -0.05) is 58.7 Å². The second-order valence-corrected chi connectivity index (χ2v) is 7.31. The van der Waals surface area contributed by atoms with Crippen LogP contribution >= 0.6 is 0 Å². The fraction of sp³-hybridized carbons (Fsp3) is 0.429. The summed E-state index contributed by atoms with van der Waals surface area (Å²) in [5.41, 5.74) is 3.25. The molecule has 4 nitrogen and oxygen atoms in total.